The number of nitrogens with one attached hydrogen (secondary N) is 1. The molecule has 5 nitrogen and oxygen atoms in total. The molecule has 0 saturated carbocycles. The fraction of sp³-hybridized carbons (Fsp3) is 0.429. The van der Waals surface area contributed by atoms with Crippen molar-refractivity contribution in [2.45, 2.75) is 32.7 Å². The molecule has 0 aliphatic carbocycles. The number of thiocarbonyl (C=S) groups is 1. The van der Waals surface area contributed by atoms with Gasteiger partial charge in [-0.05, 0) is 32.4 Å². The third-order valence-electron chi connectivity index (χ3n) is 3.26. The van der Waals surface area contributed by atoms with E-state index in [1.54, 1.807) is 10.9 Å². The summed E-state index contributed by atoms with van der Waals surface area (Å²) >= 11 is 5.10. The van der Waals surface area contributed by atoms with Crippen LogP contribution in [0.3, 0.4) is 0 Å². The summed E-state index contributed by atoms with van der Waals surface area (Å²) in [6, 6.07) is 4.16. The van der Waals surface area contributed by atoms with E-state index in [0.717, 1.165) is 35.7 Å². The van der Waals surface area contributed by atoms with Crippen LogP contribution in [0.5, 0.6) is 0 Å². The Kier molecular flexibility index (Phi) is 4.44. The highest BCUT2D eigenvalue weighted by Crippen LogP contribution is 2.20. The van der Waals surface area contributed by atoms with Gasteiger partial charge in [0.15, 0.2) is 0 Å². The van der Waals surface area contributed by atoms with Crippen LogP contribution >= 0.6 is 12.2 Å². The van der Waals surface area contributed by atoms with Gasteiger partial charge in [-0.25, -0.2) is 0 Å². The number of aryl methyl sites for hydroxylation is 3. The van der Waals surface area contributed by atoms with Crippen LogP contribution in [-0.2, 0) is 13.5 Å². The fourth-order valence-electron chi connectivity index (χ4n) is 2.24. The van der Waals surface area contributed by atoms with Crippen LogP contribution < -0.4 is 11.1 Å². The number of anilines is 1. The lowest BCUT2D eigenvalue weighted by molar-refractivity contribution is 0.494. The average Bonchev–Trinajstić information content (AvgIpc) is 2.96. The molecule has 6 heteroatoms. The summed E-state index contributed by atoms with van der Waals surface area (Å²) in [5, 5.41) is 7.80. The zero-order chi connectivity index (χ0) is 14.7. The normalized spacial score (nSPS) is 12.3. The summed E-state index contributed by atoms with van der Waals surface area (Å²) in [5.74, 6) is 1.87. The van der Waals surface area contributed by atoms with Gasteiger partial charge >= 0.3 is 0 Å². The highest BCUT2D eigenvalue weighted by molar-refractivity contribution is 7.80. The number of hydrogen-bond donors (Lipinski definition) is 2. The van der Waals surface area contributed by atoms with Crippen molar-refractivity contribution < 1.29 is 4.42 Å². The van der Waals surface area contributed by atoms with E-state index in [4.69, 9.17) is 22.4 Å². The predicted octanol–water partition coefficient (Wildman–Crippen LogP) is 2.39. The molecule has 1 atom stereocenters. The van der Waals surface area contributed by atoms with Gasteiger partial charge in [-0.1, -0.05) is 12.2 Å². The minimum absolute atomic E-state index is 0.267. The maximum absolute atomic E-state index is 5.78. The Morgan fingerprint density at radius 2 is 2.35 bits per heavy atom. The lowest BCUT2D eigenvalue weighted by atomic mass is 10.1. The van der Waals surface area contributed by atoms with Crippen molar-refractivity contribution in [3.63, 3.8) is 0 Å². The van der Waals surface area contributed by atoms with E-state index < -0.39 is 0 Å². The first-order valence-electron chi connectivity index (χ1n) is 6.61. The molecule has 1 unspecified atom stereocenters. The van der Waals surface area contributed by atoms with Crippen LogP contribution in [0.4, 0.5) is 5.82 Å². The third kappa shape index (κ3) is 3.19. The van der Waals surface area contributed by atoms with Gasteiger partial charge in [-0.2, -0.15) is 5.10 Å². The fourth-order valence-corrected chi connectivity index (χ4v) is 2.48. The second-order valence-electron chi connectivity index (χ2n) is 4.96. The van der Waals surface area contributed by atoms with Crippen LogP contribution in [0.2, 0.25) is 0 Å². The molecule has 0 radical (unpaired) electrons. The molecule has 2 rings (SSSR count). The molecule has 0 saturated heterocycles. The van der Waals surface area contributed by atoms with Gasteiger partial charge in [0.2, 0.25) is 0 Å². The molecule has 0 aliphatic heterocycles. The Balaban J connectivity index is 2.04. The lowest BCUT2D eigenvalue weighted by Crippen LogP contribution is -2.21. The SMILES string of the molecule is Cc1nn(C)c(NC(C)CCc2ccco2)c1C(N)=S. The van der Waals surface area contributed by atoms with Crippen molar-refractivity contribution in [3.05, 3.63) is 35.4 Å². The summed E-state index contributed by atoms with van der Waals surface area (Å²) in [7, 11) is 1.89. The molecular weight excluding hydrogens is 272 g/mol. The first-order chi connectivity index (χ1) is 9.49. The van der Waals surface area contributed by atoms with E-state index in [0.29, 0.717) is 4.99 Å². The molecule has 3 N–H and O–H groups in total. The Morgan fingerprint density at radius 3 is 2.95 bits per heavy atom. The van der Waals surface area contributed by atoms with Crippen molar-refractivity contribution in [3.8, 4) is 0 Å². The molecule has 0 fully saturated rings. The second-order valence-corrected chi connectivity index (χ2v) is 5.40. The van der Waals surface area contributed by atoms with Crippen molar-refractivity contribution in [2.75, 3.05) is 5.32 Å². The maximum Gasteiger partial charge on any atom is 0.134 e. The summed E-state index contributed by atoms with van der Waals surface area (Å²) in [5.41, 5.74) is 7.45. The molecule has 0 amide bonds. The zero-order valence-electron chi connectivity index (χ0n) is 12.0. The zero-order valence-corrected chi connectivity index (χ0v) is 12.8. The molecule has 0 aromatic carbocycles. The minimum Gasteiger partial charge on any atom is -0.469 e. The quantitative estimate of drug-likeness (QED) is 0.800. The first-order valence-corrected chi connectivity index (χ1v) is 7.02. The average molecular weight is 292 g/mol. The Labute approximate surface area is 124 Å². The molecular formula is C14H20N4OS. The van der Waals surface area contributed by atoms with Crippen LogP contribution in [0.15, 0.2) is 22.8 Å². The molecule has 0 aliphatic rings. The van der Waals surface area contributed by atoms with E-state index in [1.807, 2.05) is 26.1 Å². The van der Waals surface area contributed by atoms with Crippen molar-refractivity contribution in [1.29, 1.82) is 0 Å². The van der Waals surface area contributed by atoms with Gasteiger partial charge in [-0.15, -0.1) is 0 Å². The van der Waals surface area contributed by atoms with E-state index >= 15 is 0 Å². The molecule has 20 heavy (non-hydrogen) atoms. The molecule has 108 valence electrons. The number of furan rings is 1. The summed E-state index contributed by atoms with van der Waals surface area (Å²) in [6.07, 6.45) is 3.54. The van der Waals surface area contributed by atoms with Crippen molar-refractivity contribution in [1.82, 2.24) is 9.78 Å². The summed E-state index contributed by atoms with van der Waals surface area (Å²) in [6.45, 7) is 4.03. The van der Waals surface area contributed by atoms with Crippen molar-refractivity contribution in [2.24, 2.45) is 12.8 Å². The summed E-state index contributed by atoms with van der Waals surface area (Å²) < 4.78 is 7.12. The Bertz CT molecular complexity index is 589. The third-order valence-corrected chi connectivity index (χ3v) is 3.46. The summed E-state index contributed by atoms with van der Waals surface area (Å²) in [4.78, 5) is 0.372. The highest BCUT2D eigenvalue weighted by Gasteiger charge is 2.17. The van der Waals surface area contributed by atoms with Crippen LogP contribution in [0, 0.1) is 6.92 Å². The largest absolute Gasteiger partial charge is 0.469 e. The van der Waals surface area contributed by atoms with Gasteiger partial charge in [0.1, 0.15) is 16.6 Å². The predicted molar refractivity (Wildman–Crippen MR) is 83.9 cm³/mol. The number of hydrogen-bond acceptors (Lipinski definition) is 4. The van der Waals surface area contributed by atoms with Gasteiger partial charge in [0, 0.05) is 19.5 Å². The van der Waals surface area contributed by atoms with E-state index in [2.05, 4.69) is 17.3 Å². The topological polar surface area (TPSA) is 69.0 Å². The monoisotopic (exact) mass is 292 g/mol. The van der Waals surface area contributed by atoms with Gasteiger partial charge in [-0.3, -0.25) is 4.68 Å². The van der Waals surface area contributed by atoms with Crippen LogP contribution in [0.25, 0.3) is 0 Å². The Morgan fingerprint density at radius 1 is 1.60 bits per heavy atom. The number of rotatable bonds is 6. The van der Waals surface area contributed by atoms with Crippen molar-refractivity contribution >= 4 is 23.0 Å². The molecule has 2 aromatic rings. The van der Waals surface area contributed by atoms with Crippen LogP contribution in [0.1, 0.15) is 30.4 Å². The molecule has 0 bridgehead atoms. The molecule has 0 spiro atoms. The standard InChI is InChI=1S/C14H20N4OS/c1-9(6-7-11-5-4-8-19-11)16-14-12(13(15)20)10(2)17-18(14)3/h4-5,8-9,16H,6-7H2,1-3H3,(H2,15,20). The number of nitrogens with zero attached hydrogens (tertiary/aromatic N) is 2. The van der Waals surface area contributed by atoms with E-state index in [1.165, 1.54) is 0 Å². The Hall–Kier alpha value is -1.82. The molecule has 2 heterocycles. The lowest BCUT2D eigenvalue weighted by Gasteiger charge is -2.16. The number of nitrogens with two attached hydrogens (primary N) is 1. The maximum atomic E-state index is 5.78. The minimum atomic E-state index is 0.267. The second kappa shape index (κ2) is 6.09. The van der Waals surface area contributed by atoms with Gasteiger partial charge in [0.25, 0.3) is 0 Å². The first kappa shape index (κ1) is 14.6. The van der Waals surface area contributed by atoms with Crippen LogP contribution in [-0.4, -0.2) is 20.8 Å². The molecule has 2 aromatic heterocycles. The highest BCUT2D eigenvalue weighted by atomic mass is 32.1. The number of aromatic nitrogens is 2. The van der Waals surface area contributed by atoms with Gasteiger partial charge < -0.3 is 15.5 Å². The van der Waals surface area contributed by atoms with Gasteiger partial charge in [0.05, 0.1) is 17.5 Å². The smallest absolute Gasteiger partial charge is 0.134 e. The van der Waals surface area contributed by atoms with E-state index in [-0.39, 0.29) is 6.04 Å². The van der Waals surface area contributed by atoms with E-state index in [9.17, 15) is 0 Å².